The highest BCUT2D eigenvalue weighted by Crippen LogP contribution is 2.38. The second-order valence-electron chi connectivity index (χ2n) is 5.21. The third-order valence-corrected chi connectivity index (χ3v) is 3.83. The number of aromatic nitrogens is 1. The van der Waals surface area contributed by atoms with Gasteiger partial charge in [0.05, 0.1) is 23.7 Å². The number of nitrogen functional groups attached to an aromatic ring is 1. The quantitative estimate of drug-likeness (QED) is 0.681. The van der Waals surface area contributed by atoms with Gasteiger partial charge in [-0.15, -0.1) is 0 Å². The van der Waals surface area contributed by atoms with Crippen molar-refractivity contribution in [3.8, 4) is 5.75 Å². The fraction of sp³-hybridized carbons (Fsp3) is 0.333. The van der Waals surface area contributed by atoms with Gasteiger partial charge in [-0.25, -0.2) is 13.6 Å². The van der Waals surface area contributed by atoms with Crippen molar-refractivity contribution < 1.29 is 27.4 Å². The number of hydrogen-bond acceptors (Lipinski definition) is 5. The van der Waals surface area contributed by atoms with Gasteiger partial charge in [-0.1, -0.05) is 0 Å². The minimum atomic E-state index is -1.46. The number of carbonyl (C=O) groups is 1. The number of anilines is 1. The van der Waals surface area contributed by atoms with Crippen LogP contribution >= 0.6 is 0 Å². The molecule has 0 radical (unpaired) electrons. The lowest BCUT2D eigenvalue weighted by atomic mass is 10.1. The fourth-order valence-electron chi connectivity index (χ4n) is 2.70. The first kappa shape index (κ1) is 16.2. The first-order valence-corrected chi connectivity index (χ1v) is 7.13. The molecule has 128 valence electrons. The number of benzene rings is 1. The highest BCUT2D eigenvalue weighted by molar-refractivity contribution is 6.00. The van der Waals surface area contributed by atoms with Gasteiger partial charge >= 0.3 is 5.97 Å². The van der Waals surface area contributed by atoms with E-state index < -0.39 is 58.1 Å². The van der Waals surface area contributed by atoms with Crippen LogP contribution < -0.4 is 15.9 Å². The fourth-order valence-corrected chi connectivity index (χ4v) is 2.70. The van der Waals surface area contributed by atoms with E-state index in [1.807, 2.05) is 0 Å². The zero-order chi connectivity index (χ0) is 17.6. The molecule has 1 aliphatic heterocycles. The summed E-state index contributed by atoms with van der Waals surface area (Å²) in [6.07, 6.45) is 1.07. The number of halogens is 3. The van der Waals surface area contributed by atoms with Crippen LogP contribution in [0.25, 0.3) is 10.9 Å². The van der Waals surface area contributed by atoms with Gasteiger partial charge < -0.3 is 19.8 Å². The van der Waals surface area contributed by atoms with Crippen LogP contribution in [-0.4, -0.2) is 30.4 Å². The Morgan fingerprint density at radius 2 is 2.17 bits per heavy atom. The average molecular weight is 342 g/mol. The molecule has 0 bridgehead atoms. The predicted molar refractivity (Wildman–Crippen MR) is 79.0 cm³/mol. The van der Waals surface area contributed by atoms with E-state index in [0.29, 0.717) is 0 Å². The average Bonchev–Trinajstić information content (AvgIpc) is 2.57. The molecule has 0 unspecified atom stereocenters. The first-order chi connectivity index (χ1) is 11.4. The maximum absolute atomic E-state index is 14.1. The van der Waals surface area contributed by atoms with Crippen molar-refractivity contribution in [2.75, 3.05) is 25.6 Å². The number of alkyl halides is 1. The summed E-state index contributed by atoms with van der Waals surface area (Å²) in [5.74, 6) is -4.31. The van der Waals surface area contributed by atoms with Gasteiger partial charge in [0.2, 0.25) is 11.2 Å². The van der Waals surface area contributed by atoms with Crippen molar-refractivity contribution >= 4 is 22.6 Å². The molecule has 0 fully saturated rings. The molecule has 1 aliphatic rings. The van der Waals surface area contributed by atoms with Gasteiger partial charge in [-0.3, -0.25) is 4.79 Å². The summed E-state index contributed by atoms with van der Waals surface area (Å²) in [4.78, 5) is 24.5. The molecule has 0 saturated heterocycles. The lowest BCUT2D eigenvalue weighted by Gasteiger charge is -2.28. The van der Waals surface area contributed by atoms with E-state index in [0.717, 1.165) is 6.20 Å². The van der Waals surface area contributed by atoms with E-state index in [1.54, 1.807) is 6.92 Å². The maximum atomic E-state index is 14.1. The predicted octanol–water partition coefficient (Wildman–Crippen LogP) is 1.94. The zero-order valence-electron chi connectivity index (χ0n) is 12.6. The van der Waals surface area contributed by atoms with Crippen molar-refractivity contribution in [1.82, 2.24) is 4.57 Å². The number of rotatable bonds is 3. The van der Waals surface area contributed by atoms with Gasteiger partial charge in [0.25, 0.3) is 0 Å². The summed E-state index contributed by atoms with van der Waals surface area (Å²) in [7, 11) is 0. The molecule has 0 aliphatic carbocycles. The van der Waals surface area contributed by atoms with Crippen LogP contribution in [0.4, 0.5) is 18.9 Å². The van der Waals surface area contributed by atoms with Gasteiger partial charge in [0.15, 0.2) is 11.6 Å². The van der Waals surface area contributed by atoms with E-state index in [2.05, 4.69) is 0 Å². The molecule has 0 spiro atoms. The Bertz CT molecular complexity index is 910. The third-order valence-electron chi connectivity index (χ3n) is 3.83. The second kappa shape index (κ2) is 5.73. The minimum absolute atomic E-state index is 0.00444. The molecule has 24 heavy (non-hydrogen) atoms. The van der Waals surface area contributed by atoms with Gasteiger partial charge in [0.1, 0.15) is 24.4 Å². The molecule has 1 atom stereocenters. The minimum Gasteiger partial charge on any atom is -0.486 e. The summed E-state index contributed by atoms with van der Waals surface area (Å²) in [5, 5.41) is -0.437. The Balaban J connectivity index is 2.48. The lowest BCUT2D eigenvalue weighted by molar-refractivity contribution is 0.0523. The van der Waals surface area contributed by atoms with Gasteiger partial charge in [0, 0.05) is 6.20 Å². The normalized spacial score (nSPS) is 16.1. The number of nitrogens with two attached hydrogens (primary N) is 1. The standard InChI is InChI=1S/C15H13F3N2O4/c1-2-23-15(22)7-4-20-6(3-16)5-24-14-10(18)9(17)11(19)8(12(14)20)13(7)21/h4,6H,2-3,5,19H2,1H3/t6-/m0/s1. The van der Waals surface area contributed by atoms with Crippen molar-refractivity contribution in [2.24, 2.45) is 0 Å². The van der Waals surface area contributed by atoms with Crippen LogP contribution in [0.5, 0.6) is 5.75 Å². The van der Waals surface area contributed by atoms with Crippen LogP contribution in [-0.2, 0) is 4.74 Å². The highest BCUT2D eigenvalue weighted by Gasteiger charge is 2.32. The topological polar surface area (TPSA) is 83.5 Å². The number of ether oxygens (including phenoxy) is 2. The Morgan fingerprint density at radius 1 is 1.46 bits per heavy atom. The van der Waals surface area contributed by atoms with Gasteiger partial charge in [-0.05, 0) is 6.92 Å². The third kappa shape index (κ3) is 2.11. The SMILES string of the molecule is CCOC(=O)c1cn2c3c(c(F)c(F)c(N)c3c1=O)OC[C@@H]2CF. The van der Waals surface area contributed by atoms with Crippen molar-refractivity contribution in [1.29, 1.82) is 0 Å². The molecule has 2 aromatic rings. The molecular formula is C15H13F3N2O4. The van der Waals surface area contributed by atoms with Crippen LogP contribution in [0.15, 0.2) is 11.0 Å². The van der Waals surface area contributed by atoms with Crippen LogP contribution in [0, 0.1) is 11.6 Å². The summed E-state index contributed by atoms with van der Waals surface area (Å²) in [5.41, 5.74) is 3.22. The summed E-state index contributed by atoms with van der Waals surface area (Å²) in [6, 6.07) is -0.918. The molecule has 9 heteroatoms. The Hall–Kier alpha value is -2.71. The molecule has 3 rings (SSSR count). The van der Waals surface area contributed by atoms with Crippen LogP contribution in [0.1, 0.15) is 23.3 Å². The number of nitrogens with zero attached hydrogens (tertiary/aromatic N) is 1. The molecular weight excluding hydrogens is 329 g/mol. The number of esters is 1. The molecule has 2 heterocycles. The summed E-state index contributed by atoms with van der Waals surface area (Å²) < 4.78 is 52.4. The Kier molecular flexibility index (Phi) is 3.86. The molecule has 1 aromatic heterocycles. The number of pyridine rings is 1. The molecule has 0 amide bonds. The molecule has 2 N–H and O–H groups in total. The van der Waals surface area contributed by atoms with E-state index in [4.69, 9.17) is 15.2 Å². The largest absolute Gasteiger partial charge is 0.486 e. The monoisotopic (exact) mass is 342 g/mol. The van der Waals surface area contributed by atoms with Crippen molar-refractivity contribution in [3.05, 3.63) is 33.6 Å². The summed E-state index contributed by atoms with van der Waals surface area (Å²) >= 11 is 0. The number of hydrogen-bond donors (Lipinski definition) is 1. The van der Waals surface area contributed by atoms with Gasteiger partial charge in [-0.2, -0.15) is 4.39 Å². The van der Waals surface area contributed by atoms with E-state index in [-0.39, 0.29) is 18.7 Å². The van der Waals surface area contributed by atoms with Crippen LogP contribution in [0.2, 0.25) is 0 Å². The first-order valence-electron chi connectivity index (χ1n) is 7.13. The van der Waals surface area contributed by atoms with Crippen molar-refractivity contribution in [3.63, 3.8) is 0 Å². The Labute approximate surface area is 133 Å². The molecule has 0 saturated carbocycles. The number of carbonyl (C=O) groups excluding carboxylic acids is 1. The summed E-state index contributed by atoms with van der Waals surface area (Å²) in [6.45, 7) is 0.355. The van der Waals surface area contributed by atoms with E-state index >= 15 is 0 Å². The Morgan fingerprint density at radius 3 is 2.79 bits per heavy atom. The molecule has 1 aromatic carbocycles. The van der Waals surface area contributed by atoms with E-state index in [9.17, 15) is 22.8 Å². The maximum Gasteiger partial charge on any atom is 0.343 e. The smallest absolute Gasteiger partial charge is 0.343 e. The van der Waals surface area contributed by atoms with Crippen LogP contribution in [0.3, 0.4) is 0 Å². The van der Waals surface area contributed by atoms with Crippen molar-refractivity contribution in [2.45, 2.75) is 13.0 Å². The highest BCUT2D eigenvalue weighted by atomic mass is 19.2. The zero-order valence-corrected chi connectivity index (χ0v) is 12.6. The van der Waals surface area contributed by atoms with E-state index in [1.165, 1.54) is 4.57 Å². The second-order valence-corrected chi connectivity index (χ2v) is 5.21. The molecule has 6 nitrogen and oxygen atoms in total. The lowest BCUT2D eigenvalue weighted by Crippen LogP contribution is -2.30.